The van der Waals surface area contributed by atoms with Gasteiger partial charge in [-0.15, -0.1) is 0 Å². The first-order chi connectivity index (χ1) is 9.58. The molecule has 0 fully saturated rings. The molecule has 1 aromatic heterocycles. The van der Waals surface area contributed by atoms with Gasteiger partial charge in [0.25, 0.3) is 0 Å². The highest BCUT2D eigenvalue weighted by Gasteiger charge is 2.03. The summed E-state index contributed by atoms with van der Waals surface area (Å²) in [6.07, 6.45) is 2.88. The summed E-state index contributed by atoms with van der Waals surface area (Å²) in [7, 11) is 0. The summed E-state index contributed by atoms with van der Waals surface area (Å²) >= 11 is 0. The molecule has 112 valence electrons. The third kappa shape index (κ3) is 7.34. The van der Waals surface area contributed by atoms with Gasteiger partial charge in [-0.3, -0.25) is 4.79 Å². The maximum Gasteiger partial charge on any atom is 0.314 e. The van der Waals surface area contributed by atoms with E-state index < -0.39 is 5.97 Å². The van der Waals surface area contributed by atoms with Crippen LogP contribution in [-0.4, -0.2) is 40.3 Å². The number of nitrogens with one attached hydrogen (secondary N) is 2. The Kier molecular flexibility index (Phi) is 7.08. The molecule has 0 spiro atoms. The molecule has 2 amide bonds. The molecule has 0 aliphatic carbocycles. The predicted octanol–water partition coefficient (Wildman–Crippen LogP) is 0.865. The maximum atomic E-state index is 11.4. The molecule has 1 rings (SSSR count). The number of amides is 2. The summed E-state index contributed by atoms with van der Waals surface area (Å²) in [5.41, 5.74) is 0. The van der Waals surface area contributed by atoms with Crippen LogP contribution in [-0.2, 0) is 11.2 Å². The number of nitrogens with zero attached hydrogens (tertiary/aromatic N) is 2. The van der Waals surface area contributed by atoms with Crippen molar-refractivity contribution in [3.8, 4) is 0 Å². The second kappa shape index (κ2) is 8.89. The topological polar surface area (TPSA) is 117 Å². The summed E-state index contributed by atoms with van der Waals surface area (Å²) in [6, 6.07) is -0.247. The van der Waals surface area contributed by atoms with Crippen LogP contribution in [0.15, 0.2) is 4.52 Å². The van der Waals surface area contributed by atoms with Crippen molar-refractivity contribution in [1.29, 1.82) is 0 Å². The molecule has 20 heavy (non-hydrogen) atoms. The van der Waals surface area contributed by atoms with Crippen molar-refractivity contribution >= 4 is 12.0 Å². The van der Waals surface area contributed by atoms with Gasteiger partial charge >= 0.3 is 12.0 Å². The highest BCUT2D eigenvalue weighted by Crippen LogP contribution is 1.98. The van der Waals surface area contributed by atoms with E-state index in [1.54, 1.807) is 6.92 Å². The molecule has 0 unspecified atom stereocenters. The van der Waals surface area contributed by atoms with E-state index in [0.29, 0.717) is 37.6 Å². The van der Waals surface area contributed by atoms with Crippen LogP contribution < -0.4 is 10.6 Å². The van der Waals surface area contributed by atoms with E-state index >= 15 is 0 Å². The van der Waals surface area contributed by atoms with E-state index in [1.807, 2.05) is 0 Å². The van der Waals surface area contributed by atoms with Crippen LogP contribution in [0.1, 0.15) is 37.4 Å². The highest BCUT2D eigenvalue weighted by molar-refractivity contribution is 5.73. The van der Waals surface area contributed by atoms with Crippen molar-refractivity contribution in [1.82, 2.24) is 20.8 Å². The molecule has 3 N–H and O–H groups in total. The number of urea groups is 1. The fourth-order valence-corrected chi connectivity index (χ4v) is 1.57. The highest BCUT2D eigenvalue weighted by atomic mass is 16.5. The fraction of sp³-hybridized carbons (Fsp3) is 0.667. The van der Waals surface area contributed by atoms with Crippen molar-refractivity contribution in [2.45, 2.75) is 39.0 Å². The van der Waals surface area contributed by atoms with Crippen LogP contribution in [0.5, 0.6) is 0 Å². The number of hydrogen-bond acceptors (Lipinski definition) is 5. The molecule has 0 aliphatic heterocycles. The minimum atomic E-state index is -0.785. The largest absolute Gasteiger partial charge is 0.481 e. The number of aryl methyl sites for hydroxylation is 1. The third-order valence-corrected chi connectivity index (χ3v) is 2.56. The number of carboxylic acid groups (broad SMARTS) is 1. The van der Waals surface area contributed by atoms with E-state index in [9.17, 15) is 9.59 Å². The number of unbranched alkanes of at least 4 members (excludes halogenated alkanes) is 2. The molecule has 0 saturated heterocycles. The molecule has 0 saturated carbocycles. The molecule has 1 heterocycles. The van der Waals surface area contributed by atoms with Gasteiger partial charge < -0.3 is 20.3 Å². The zero-order valence-electron chi connectivity index (χ0n) is 11.5. The molecule has 0 aromatic carbocycles. The molecule has 0 atom stereocenters. The van der Waals surface area contributed by atoms with Crippen molar-refractivity contribution in [3.63, 3.8) is 0 Å². The van der Waals surface area contributed by atoms with Gasteiger partial charge in [0.1, 0.15) is 0 Å². The normalized spacial score (nSPS) is 10.2. The molecule has 0 aliphatic rings. The fourth-order valence-electron chi connectivity index (χ4n) is 1.57. The zero-order valence-corrected chi connectivity index (χ0v) is 11.5. The molecule has 0 bridgehead atoms. The number of carboxylic acids is 1. The minimum absolute atomic E-state index is 0.177. The van der Waals surface area contributed by atoms with Crippen molar-refractivity contribution in [3.05, 3.63) is 11.7 Å². The second-order valence-electron chi connectivity index (χ2n) is 4.37. The van der Waals surface area contributed by atoms with Crippen LogP contribution in [0, 0.1) is 6.92 Å². The Balaban J connectivity index is 1.96. The summed E-state index contributed by atoms with van der Waals surface area (Å²) < 4.78 is 4.81. The van der Waals surface area contributed by atoms with Gasteiger partial charge in [-0.1, -0.05) is 11.6 Å². The smallest absolute Gasteiger partial charge is 0.314 e. The summed E-state index contributed by atoms with van der Waals surface area (Å²) in [4.78, 5) is 25.7. The lowest BCUT2D eigenvalue weighted by atomic mass is 10.2. The average molecular weight is 284 g/mol. The quantitative estimate of drug-likeness (QED) is 0.579. The molecule has 8 heteroatoms. The Bertz CT molecular complexity index is 433. The van der Waals surface area contributed by atoms with Gasteiger partial charge in [0, 0.05) is 32.9 Å². The maximum absolute atomic E-state index is 11.4. The van der Waals surface area contributed by atoms with E-state index in [2.05, 4.69) is 20.8 Å². The van der Waals surface area contributed by atoms with E-state index in [0.717, 1.165) is 12.8 Å². The Morgan fingerprint density at radius 1 is 1.20 bits per heavy atom. The number of aromatic nitrogens is 2. The van der Waals surface area contributed by atoms with Gasteiger partial charge in [-0.25, -0.2) is 4.79 Å². The average Bonchev–Trinajstić information content (AvgIpc) is 2.79. The van der Waals surface area contributed by atoms with Crippen molar-refractivity contribution in [2.75, 3.05) is 13.1 Å². The molecular formula is C12H20N4O4. The molecular weight excluding hydrogens is 264 g/mol. The first kappa shape index (κ1) is 15.9. The number of aliphatic carboxylic acids is 1. The Hall–Kier alpha value is -2.12. The van der Waals surface area contributed by atoms with E-state index in [1.165, 1.54) is 0 Å². The van der Waals surface area contributed by atoms with E-state index in [-0.39, 0.29) is 12.5 Å². The van der Waals surface area contributed by atoms with Gasteiger partial charge in [-0.2, -0.15) is 4.98 Å². The van der Waals surface area contributed by atoms with Gasteiger partial charge in [0.2, 0.25) is 5.89 Å². The molecule has 1 aromatic rings. The standard InChI is InChI=1S/C12H20N4O4/c1-9-15-10(16-20-9)6-8-14-12(19)13-7-4-2-3-5-11(17)18/h2-8H2,1H3,(H,17,18)(H2,13,14,19). The monoisotopic (exact) mass is 284 g/mol. The molecule has 8 nitrogen and oxygen atoms in total. The first-order valence-corrected chi connectivity index (χ1v) is 6.60. The number of rotatable bonds is 9. The summed E-state index contributed by atoms with van der Waals surface area (Å²) in [5, 5.41) is 17.6. The first-order valence-electron chi connectivity index (χ1n) is 6.60. The number of carbonyl (C=O) groups is 2. The minimum Gasteiger partial charge on any atom is -0.481 e. The lowest BCUT2D eigenvalue weighted by molar-refractivity contribution is -0.137. The summed E-state index contributed by atoms with van der Waals surface area (Å²) in [5.74, 6) is 0.287. The number of carbonyl (C=O) groups excluding carboxylic acids is 1. The third-order valence-electron chi connectivity index (χ3n) is 2.56. The van der Waals surface area contributed by atoms with Gasteiger partial charge in [-0.05, 0) is 12.8 Å². The van der Waals surface area contributed by atoms with Crippen LogP contribution in [0.3, 0.4) is 0 Å². The molecule has 0 radical (unpaired) electrons. The van der Waals surface area contributed by atoms with Crippen LogP contribution in [0.25, 0.3) is 0 Å². The predicted molar refractivity (Wildman–Crippen MR) is 70.2 cm³/mol. The van der Waals surface area contributed by atoms with Gasteiger partial charge in [0.15, 0.2) is 5.82 Å². The van der Waals surface area contributed by atoms with Gasteiger partial charge in [0.05, 0.1) is 0 Å². The van der Waals surface area contributed by atoms with E-state index in [4.69, 9.17) is 9.63 Å². The van der Waals surface area contributed by atoms with Crippen molar-refractivity contribution < 1.29 is 19.2 Å². The zero-order chi connectivity index (χ0) is 14.8. The van der Waals surface area contributed by atoms with Crippen LogP contribution in [0.2, 0.25) is 0 Å². The second-order valence-corrected chi connectivity index (χ2v) is 4.37. The lowest BCUT2D eigenvalue weighted by Crippen LogP contribution is -2.37. The lowest BCUT2D eigenvalue weighted by Gasteiger charge is -2.06. The van der Waals surface area contributed by atoms with Crippen molar-refractivity contribution in [2.24, 2.45) is 0 Å². The Morgan fingerprint density at radius 2 is 1.95 bits per heavy atom. The van der Waals surface area contributed by atoms with Crippen LogP contribution >= 0.6 is 0 Å². The SMILES string of the molecule is Cc1nc(CCNC(=O)NCCCCCC(=O)O)no1. The Labute approximate surface area is 116 Å². The van der Waals surface area contributed by atoms with Crippen LogP contribution in [0.4, 0.5) is 4.79 Å². The summed E-state index contributed by atoms with van der Waals surface area (Å²) in [6.45, 7) is 2.68. The Morgan fingerprint density at radius 3 is 2.60 bits per heavy atom. The number of hydrogen-bond donors (Lipinski definition) is 3.